The minimum Gasteiger partial charge on any atom is -0.496 e. The number of nitrogens with one attached hydrogen (secondary N) is 1. The molecule has 1 aliphatic heterocycles. The van der Waals surface area contributed by atoms with Gasteiger partial charge < -0.3 is 10.1 Å². The highest BCUT2D eigenvalue weighted by molar-refractivity contribution is 9.10. The summed E-state index contributed by atoms with van der Waals surface area (Å²) in [6, 6.07) is 6.78. The summed E-state index contributed by atoms with van der Waals surface area (Å²) in [7, 11) is 1.69. The molecular formula is C10H12BrNO. The molecule has 1 atom stereocenters. The molecule has 0 radical (unpaired) electrons. The summed E-state index contributed by atoms with van der Waals surface area (Å²) in [6.45, 7) is 1.13. The molecule has 0 aromatic heterocycles. The Hall–Kier alpha value is -0.540. The summed E-state index contributed by atoms with van der Waals surface area (Å²) < 4.78 is 6.24. The Morgan fingerprint density at radius 1 is 1.54 bits per heavy atom. The van der Waals surface area contributed by atoms with Crippen molar-refractivity contribution in [3.05, 3.63) is 28.2 Å². The molecule has 13 heavy (non-hydrogen) atoms. The van der Waals surface area contributed by atoms with Gasteiger partial charge in [-0.2, -0.15) is 0 Å². The van der Waals surface area contributed by atoms with E-state index in [1.807, 2.05) is 6.07 Å². The largest absolute Gasteiger partial charge is 0.496 e. The molecule has 0 bridgehead atoms. The fraction of sp³-hybridized carbons (Fsp3) is 0.400. The van der Waals surface area contributed by atoms with Gasteiger partial charge in [0.15, 0.2) is 0 Å². The second-order valence-corrected chi connectivity index (χ2v) is 4.04. The first-order chi connectivity index (χ1) is 6.31. The SMILES string of the molecule is COc1cc(C2CCN2)ccc1Br. The molecule has 0 amide bonds. The van der Waals surface area contributed by atoms with Crippen LogP contribution in [0.1, 0.15) is 18.0 Å². The van der Waals surface area contributed by atoms with Crippen LogP contribution in [0.3, 0.4) is 0 Å². The average Bonchev–Trinajstić information content (AvgIpc) is 2.05. The van der Waals surface area contributed by atoms with E-state index in [0.717, 1.165) is 16.8 Å². The van der Waals surface area contributed by atoms with Gasteiger partial charge in [-0.25, -0.2) is 0 Å². The Kier molecular flexibility index (Phi) is 2.56. The first kappa shape index (κ1) is 9.03. The molecule has 1 aromatic carbocycles. The van der Waals surface area contributed by atoms with E-state index >= 15 is 0 Å². The van der Waals surface area contributed by atoms with Crippen molar-refractivity contribution in [2.24, 2.45) is 0 Å². The van der Waals surface area contributed by atoms with E-state index in [0.29, 0.717) is 6.04 Å². The van der Waals surface area contributed by atoms with Crippen molar-refractivity contribution >= 4 is 15.9 Å². The zero-order valence-electron chi connectivity index (χ0n) is 7.51. The van der Waals surface area contributed by atoms with Crippen molar-refractivity contribution in [3.8, 4) is 5.75 Å². The quantitative estimate of drug-likeness (QED) is 0.860. The normalized spacial score (nSPS) is 20.9. The van der Waals surface area contributed by atoms with Crippen molar-refractivity contribution in [1.82, 2.24) is 5.32 Å². The molecule has 1 N–H and O–H groups in total. The topological polar surface area (TPSA) is 21.3 Å². The first-order valence-electron chi connectivity index (χ1n) is 4.38. The number of methoxy groups -OCH3 is 1. The van der Waals surface area contributed by atoms with E-state index < -0.39 is 0 Å². The third kappa shape index (κ3) is 1.71. The third-order valence-corrected chi connectivity index (χ3v) is 3.06. The van der Waals surface area contributed by atoms with Gasteiger partial charge in [0.1, 0.15) is 5.75 Å². The molecule has 0 aliphatic carbocycles. The van der Waals surface area contributed by atoms with Crippen LogP contribution in [-0.2, 0) is 0 Å². The van der Waals surface area contributed by atoms with Crippen molar-refractivity contribution in [2.75, 3.05) is 13.7 Å². The molecule has 2 rings (SSSR count). The molecule has 1 aliphatic rings. The maximum absolute atomic E-state index is 5.23. The number of rotatable bonds is 2. The zero-order valence-corrected chi connectivity index (χ0v) is 9.10. The van der Waals surface area contributed by atoms with Gasteiger partial charge >= 0.3 is 0 Å². The van der Waals surface area contributed by atoms with E-state index in [9.17, 15) is 0 Å². The monoisotopic (exact) mass is 241 g/mol. The molecule has 0 saturated carbocycles. The maximum atomic E-state index is 5.23. The summed E-state index contributed by atoms with van der Waals surface area (Å²) in [5, 5.41) is 3.36. The number of benzene rings is 1. The fourth-order valence-electron chi connectivity index (χ4n) is 1.47. The van der Waals surface area contributed by atoms with Crippen LogP contribution in [0.5, 0.6) is 5.75 Å². The molecule has 0 spiro atoms. The van der Waals surface area contributed by atoms with Crippen LogP contribution in [0.4, 0.5) is 0 Å². The van der Waals surface area contributed by atoms with Gasteiger partial charge in [0, 0.05) is 6.04 Å². The Labute approximate surface area is 86.4 Å². The van der Waals surface area contributed by atoms with Crippen LogP contribution in [0.2, 0.25) is 0 Å². The summed E-state index contributed by atoms with van der Waals surface area (Å²) in [4.78, 5) is 0. The lowest BCUT2D eigenvalue weighted by Crippen LogP contribution is -2.34. The van der Waals surface area contributed by atoms with Crippen LogP contribution in [0.25, 0.3) is 0 Å². The number of hydrogen-bond donors (Lipinski definition) is 1. The van der Waals surface area contributed by atoms with Crippen LogP contribution in [-0.4, -0.2) is 13.7 Å². The Morgan fingerprint density at radius 2 is 2.31 bits per heavy atom. The van der Waals surface area contributed by atoms with E-state index in [1.54, 1.807) is 7.11 Å². The minimum absolute atomic E-state index is 0.530. The minimum atomic E-state index is 0.530. The lowest BCUT2D eigenvalue weighted by Gasteiger charge is -2.28. The molecule has 3 heteroatoms. The van der Waals surface area contributed by atoms with Gasteiger partial charge in [-0.05, 0) is 46.6 Å². The third-order valence-electron chi connectivity index (χ3n) is 2.40. The maximum Gasteiger partial charge on any atom is 0.133 e. The van der Waals surface area contributed by atoms with E-state index in [2.05, 4.69) is 33.4 Å². The van der Waals surface area contributed by atoms with E-state index in [1.165, 1.54) is 12.0 Å². The second kappa shape index (κ2) is 3.68. The molecule has 70 valence electrons. The highest BCUT2D eigenvalue weighted by Crippen LogP contribution is 2.31. The standard InChI is InChI=1S/C10H12BrNO/c1-13-10-6-7(2-3-8(10)11)9-4-5-12-9/h2-3,6,9,12H,4-5H2,1H3. The van der Waals surface area contributed by atoms with Crippen molar-refractivity contribution in [3.63, 3.8) is 0 Å². The fourth-order valence-corrected chi connectivity index (χ4v) is 1.87. The molecule has 1 aromatic rings. The molecular weight excluding hydrogens is 230 g/mol. The smallest absolute Gasteiger partial charge is 0.133 e. The van der Waals surface area contributed by atoms with Crippen LogP contribution in [0, 0.1) is 0 Å². The summed E-state index contributed by atoms with van der Waals surface area (Å²) in [5.74, 6) is 0.909. The Bertz CT molecular complexity index is 310. The van der Waals surface area contributed by atoms with Crippen molar-refractivity contribution in [1.29, 1.82) is 0 Å². The molecule has 1 heterocycles. The van der Waals surface area contributed by atoms with Crippen LogP contribution in [0.15, 0.2) is 22.7 Å². The highest BCUT2D eigenvalue weighted by atomic mass is 79.9. The Morgan fingerprint density at radius 3 is 2.85 bits per heavy atom. The molecule has 1 fully saturated rings. The lowest BCUT2D eigenvalue weighted by atomic mass is 9.98. The Balaban J connectivity index is 2.26. The molecule has 1 unspecified atom stereocenters. The number of ether oxygens (including phenoxy) is 1. The van der Waals surface area contributed by atoms with E-state index in [4.69, 9.17) is 4.74 Å². The number of halogens is 1. The van der Waals surface area contributed by atoms with Gasteiger partial charge in [-0.3, -0.25) is 0 Å². The zero-order chi connectivity index (χ0) is 9.26. The lowest BCUT2D eigenvalue weighted by molar-refractivity contribution is 0.377. The van der Waals surface area contributed by atoms with Crippen molar-refractivity contribution in [2.45, 2.75) is 12.5 Å². The first-order valence-corrected chi connectivity index (χ1v) is 5.17. The van der Waals surface area contributed by atoms with Gasteiger partial charge in [-0.1, -0.05) is 6.07 Å². The molecule has 2 nitrogen and oxygen atoms in total. The van der Waals surface area contributed by atoms with Gasteiger partial charge in [-0.15, -0.1) is 0 Å². The number of hydrogen-bond acceptors (Lipinski definition) is 2. The van der Waals surface area contributed by atoms with E-state index in [-0.39, 0.29) is 0 Å². The summed E-state index contributed by atoms with van der Waals surface area (Å²) in [6.07, 6.45) is 1.23. The predicted molar refractivity (Wildman–Crippen MR) is 56.1 cm³/mol. The van der Waals surface area contributed by atoms with Crippen molar-refractivity contribution < 1.29 is 4.74 Å². The summed E-state index contributed by atoms with van der Waals surface area (Å²) >= 11 is 3.43. The van der Waals surface area contributed by atoms with Gasteiger partial charge in [0.05, 0.1) is 11.6 Å². The van der Waals surface area contributed by atoms with Gasteiger partial charge in [0.25, 0.3) is 0 Å². The van der Waals surface area contributed by atoms with Crippen LogP contribution >= 0.6 is 15.9 Å². The molecule has 1 saturated heterocycles. The van der Waals surface area contributed by atoms with Crippen LogP contribution < -0.4 is 10.1 Å². The predicted octanol–water partition coefficient (Wildman–Crippen LogP) is 2.49. The second-order valence-electron chi connectivity index (χ2n) is 3.19. The van der Waals surface area contributed by atoms with Gasteiger partial charge in [0.2, 0.25) is 0 Å². The highest BCUT2D eigenvalue weighted by Gasteiger charge is 2.19. The summed E-state index contributed by atoms with van der Waals surface area (Å²) in [5.41, 5.74) is 1.31. The average molecular weight is 242 g/mol.